The normalized spacial score (nSPS) is 15.0. The van der Waals surface area contributed by atoms with Gasteiger partial charge in [0.05, 0.1) is 12.2 Å². The standard InChI is InChI=1S/C10H14N2O/c1-2-12-5-6-13-10-7-8(11)3-4-9(10)12/h3-4,7H,2,5-6,11H2,1H3. The molecule has 0 saturated heterocycles. The zero-order valence-electron chi connectivity index (χ0n) is 7.79. The van der Waals surface area contributed by atoms with Gasteiger partial charge in [-0.3, -0.25) is 0 Å². The third-order valence-corrected chi connectivity index (χ3v) is 2.33. The van der Waals surface area contributed by atoms with E-state index in [1.807, 2.05) is 18.2 Å². The number of hydrogen-bond acceptors (Lipinski definition) is 3. The Morgan fingerprint density at radius 2 is 2.38 bits per heavy atom. The van der Waals surface area contributed by atoms with Crippen LogP contribution in [0.2, 0.25) is 0 Å². The molecule has 0 radical (unpaired) electrons. The van der Waals surface area contributed by atoms with Crippen molar-refractivity contribution in [3.63, 3.8) is 0 Å². The van der Waals surface area contributed by atoms with Crippen molar-refractivity contribution in [3.05, 3.63) is 18.2 Å². The fraction of sp³-hybridized carbons (Fsp3) is 0.400. The highest BCUT2D eigenvalue weighted by molar-refractivity contribution is 5.64. The van der Waals surface area contributed by atoms with Crippen LogP contribution in [-0.4, -0.2) is 19.7 Å². The van der Waals surface area contributed by atoms with E-state index in [4.69, 9.17) is 10.5 Å². The first-order valence-corrected chi connectivity index (χ1v) is 4.58. The zero-order chi connectivity index (χ0) is 9.26. The van der Waals surface area contributed by atoms with E-state index in [-0.39, 0.29) is 0 Å². The van der Waals surface area contributed by atoms with E-state index >= 15 is 0 Å². The minimum Gasteiger partial charge on any atom is -0.489 e. The van der Waals surface area contributed by atoms with E-state index in [1.165, 1.54) is 0 Å². The van der Waals surface area contributed by atoms with E-state index in [1.54, 1.807) is 0 Å². The van der Waals surface area contributed by atoms with Crippen molar-refractivity contribution in [2.75, 3.05) is 30.3 Å². The molecule has 3 nitrogen and oxygen atoms in total. The van der Waals surface area contributed by atoms with Crippen LogP contribution in [0.5, 0.6) is 5.75 Å². The van der Waals surface area contributed by atoms with Gasteiger partial charge in [0.1, 0.15) is 12.4 Å². The molecule has 0 spiro atoms. The van der Waals surface area contributed by atoms with E-state index in [0.717, 1.165) is 36.8 Å². The Kier molecular flexibility index (Phi) is 2.00. The molecule has 0 atom stereocenters. The Morgan fingerprint density at radius 3 is 3.15 bits per heavy atom. The second-order valence-electron chi connectivity index (χ2n) is 3.16. The molecular formula is C10H14N2O. The first kappa shape index (κ1) is 8.23. The monoisotopic (exact) mass is 178 g/mol. The molecule has 70 valence electrons. The molecule has 0 aromatic heterocycles. The summed E-state index contributed by atoms with van der Waals surface area (Å²) in [6, 6.07) is 5.82. The molecule has 0 saturated carbocycles. The fourth-order valence-corrected chi connectivity index (χ4v) is 1.62. The average Bonchev–Trinajstić information content (AvgIpc) is 2.16. The number of anilines is 2. The van der Waals surface area contributed by atoms with Gasteiger partial charge in [0.25, 0.3) is 0 Å². The van der Waals surface area contributed by atoms with Crippen LogP contribution in [0, 0.1) is 0 Å². The molecule has 3 heteroatoms. The van der Waals surface area contributed by atoms with Crippen LogP contribution in [0.25, 0.3) is 0 Å². The Labute approximate surface area is 78.1 Å². The maximum atomic E-state index is 5.67. The maximum absolute atomic E-state index is 5.67. The smallest absolute Gasteiger partial charge is 0.144 e. The molecule has 0 fully saturated rings. The van der Waals surface area contributed by atoms with E-state index < -0.39 is 0 Å². The number of benzene rings is 1. The molecule has 0 unspecified atom stereocenters. The number of nitrogens with zero attached hydrogens (tertiary/aromatic N) is 1. The zero-order valence-corrected chi connectivity index (χ0v) is 7.79. The Morgan fingerprint density at radius 1 is 1.54 bits per heavy atom. The number of nitrogens with two attached hydrogens (primary N) is 1. The summed E-state index contributed by atoms with van der Waals surface area (Å²) in [4.78, 5) is 2.29. The summed E-state index contributed by atoms with van der Waals surface area (Å²) in [5.41, 5.74) is 7.59. The highest BCUT2D eigenvalue weighted by Crippen LogP contribution is 2.32. The van der Waals surface area contributed by atoms with Crippen LogP contribution in [0.4, 0.5) is 11.4 Å². The van der Waals surface area contributed by atoms with Gasteiger partial charge < -0.3 is 15.4 Å². The van der Waals surface area contributed by atoms with Crippen LogP contribution in [0.3, 0.4) is 0 Å². The molecule has 2 N–H and O–H groups in total. The first-order chi connectivity index (χ1) is 6.31. The highest BCUT2D eigenvalue weighted by Gasteiger charge is 2.15. The third kappa shape index (κ3) is 1.41. The van der Waals surface area contributed by atoms with Crippen molar-refractivity contribution in [3.8, 4) is 5.75 Å². The summed E-state index contributed by atoms with van der Waals surface area (Å²) in [5.74, 6) is 0.910. The lowest BCUT2D eigenvalue weighted by Gasteiger charge is -2.30. The van der Waals surface area contributed by atoms with Gasteiger partial charge in [0.2, 0.25) is 0 Å². The van der Waals surface area contributed by atoms with Crippen LogP contribution in [0.1, 0.15) is 6.92 Å². The van der Waals surface area contributed by atoms with Crippen molar-refractivity contribution in [2.45, 2.75) is 6.92 Å². The van der Waals surface area contributed by atoms with Crippen LogP contribution in [-0.2, 0) is 0 Å². The van der Waals surface area contributed by atoms with Gasteiger partial charge in [-0.2, -0.15) is 0 Å². The van der Waals surface area contributed by atoms with E-state index in [2.05, 4.69) is 11.8 Å². The van der Waals surface area contributed by atoms with Gasteiger partial charge in [-0.05, 0) is 19.1 Å². The number of ether oxygens (including phenoxy) is 1. The molecule has 0 aliphatic carbocycles. The largest absolute Gasteiger partial charge is 0.489 e. The molecule has 1 aliphatic heterocycles. The number of rotatable bonds is 1. The second-order valence-corrected chi connectivity index (χ2v) is 3.16. The summed E-state index contributed by atoms with van der Waals surface area (Å²) in [6.45, 7) is 4.88. The van der Waals surface area contributed by atoms with E-state index in [0.29, 0.717) is 0 Å². The Balaban J connectivity index is 2.40. The van der Waals surface area contributed by atoms with Crippen molar-refractivity contribution >= 4 is 11.4 Å². The number of nitrogen functional groups attached to an aromatic ring is 1. The quantitative estimate of drug-likeness (QED) is 0.662. The first-order valence-electron chi connectivity index (χ1n) is 4.58. The predicted octanol–water partition coefficient (Wildman–Crippen LogP) is 1.49. The maximum Gasteiger partial charge on any atom is 0.144 e. The topological polar surface area (TPSA) is 38.5 Å². The number of hydrogen-bond donors (Lipinski definition) is 1. The lowest BCUT2D eigenvalue weighted by Crippen LogP contribution is -2.32. The SMILES string of the molecule is CCN1CCOc2cc(N)ccc21. The summed E-state index contributed by atoms with van der Waals surface area (Å²) in [5, 5.41) is 0. The Bertz CT molecular complexity index is 312. The summed E-state index contributed by atoms with van der Waals surface area (Å²) in [7, 11) is 0. The molecule has 0 amide bonds. The van der Waals surface area contributed by atoms with Crippen LogP contribution < -0.4 is 15.4 Å². The molecule has 1 aromatic rings. The number of fused-ring (bicyclic) bond motifs is 1. The molecule has 0 bridgehead atoms. The lowest BCUT2D eigenvalue weighted by atomic mass is 10.2. The van der Waals surface area contributed by atoms with Crippen LogP contribution in [0.15, 0.2) is 18.2 Å². The average molecular weight is 178 g/mol. The van der Waals surface area contributed by atoms with Crippen molar-refractivity contribution in [2.24, 2.45) is 0 Å². The van der Waals surface area contributed by atoms with Gasteiger partial charge in [0.15, 0.2) is 0 Å². The molecule has 1 aliphatic rings. The van der Waals surface area contributed by atoms with Gasteiger partial charge in [0, 0.05) is 18.3 Å². The molecular weight excluding hydrogens is 164 g/mol. The molecule has 13 heavy (non-hydrogen) atoms. The number of likely N-dealkylation sites (N-methyl/N-ethyl adjacent to an activating group) is 1. The second kappa shape index (κ2) is 3.17. The van der Waals surface area contributed by atoms with E-state index in [9.17, 15) is 0 Å². The van der Waals surface area contributed by atoms with Gasteiger partial charge in [-0.1, -0.05) is 0 Å². The predicted molar refractivity (Wildman–Crippen MR) is 54.2 cm³/mol. The van der Waals surface area contributed by atoms with Gasteiger partial charge in [-0.25, -0.2) is 0 Å². The van der Waals surface area contributed by atoms with Crippen molar-refractivity contribution in [1.82, 2.24) is 0 Å². The molecule has 2 rings (SSSR count). The fourth-order valence-electron chi connectivity index (χ4n) is 1.62. The minimum atomic E-state index is 0.754. The lowest BCUT2D eigenvalue weighted by molar-refractivity contribution is 0.308. The van der Waals surface area contributed by atoms with Crippen molar-refractivity contribution in [1.29, 1.82) is 0 Å². The highest BCUT2D eigenvalue weighted by atomic mass is 16.5. The van der Waals surface area contributed by atoms with Gasteiger partial charge >= 0.3 is 0 Å². The minimum absolute atomic E-state index is 0.754. The summed E-state index contributed by atoms with van der Waals surface area (Å²) < 4.78 is 5.51. The van der Waals surface area contributed by atoms with Crippen LogP contribution >= 0.6 is 0 Å². The Hall–Kier alpha value is -1.38. The van der Waals surface area contributed by atoms with Crippen molar-refractivity contribution < 1.29 is 4.74 Å². The summed E-state index contributed by atoms with van der Waals surface area (Å²) in [6.07, 6.45) is 0. The van der Waals surface area contributed by atoms with Gasteiger partial charge in [-0.15, -0.1) is 0 Å². The molecule has 1 aromatic carbocycles. The molecule has 1 heterocycles. The third-order valence-electron chi connectivity index (χ3n) is 2.33. The summed E-state index contributed by atoms with van der Waals surface area (Å²) >= 11 is 0.